The monoisotopic (exact) mass is 477 g/mol. The standard InChI is InChI=1S/C20H35N3O2.HI/c1-5-9-17(12-13-24)15-23-20(21-6-2)22-14-16(3)18-10-7-8-11-19(18)25-4;/h7-8,10-11,16-17,24H,5-6,9,12-15H2,1-4H3,(H2,21,22,23);1H. The number of rotatable bonds is 11. The Labute approximate surface area is 176 Å². The second kappa shape index (κ2) is 15.1. The van der Waals surface area contributed by atoms with Crippen molar-refractivity contribution in [1.82, 2.24) is 10.6 Å². The average Bonchev–Trinajstić information content (AvgIpc) is 2.63. The van der Waals surface area contributed by atoms with Gasteiger partial charge in [-0.05, 0) is 37.3 Å². The zero-order chi connectivity index (χ0) is 18.5. The van der Waals surface area contributed by atoms with Crippen molar-refractivity contribution in [2.45, 2.75) is 46.0 Å². The van der Waals surface area contributed by atoms with E-state index in [4.69, 9.17) is 9.73 Å². The lowest BCUT2D eigenvalue weighted by Gasteiger charge is -2.19. The van der Waals surface area contributed by atoms with E-state index in [-0.39, 0.29) is 30.6 Å². The highest BCUT2D eigenvalue weighted by Gasteiger charge is 2.12. The van der Waals surface area contributed by atoms with Crippen LogP contribution in [0.4, 0.5) is 0 Å². The van der Waals surface area contributed by atoms with E-state index in [0.29, 0.717) is 11.8 Å². The predicted molar refractivity (Wildman–Crippen MR) is 121 cm³/mol. The van der Waals surface area contributed by atoms with Crippen molar-refractivity contribution in [2.24, 2.45) is 10.9 Å². The SMILES string of the molecule is CCCC(CCO)CN=C(NCC)NCC(C)c1ccccc1OC.I. The summed E-state index contributed by atoms with van der Waals surface area (Å²) in [6, 6.07) is 8.13. The van der Waals surface area contributed by atoms with Gasteiger partial charge in [-0.2, -0.15) is 0 Å². The molecule has 0 aromatic heterocycles. The van der Waals surface area contributed by atoms with Gasteiger partial charge < -0.3 is 20.5 Å². The summed E-state index contributed by atoms with van der Waals surface area (Å²) in [5.74, 6) is 2.51. The van der Waals surface area contributed by atoms with Gasteiger partial charge in [-0.25, -0.2) is 0 Å². The van der Waals surface area contributed by atoms with Crippen molar-refractivity contribution in [3.05, 3.63) is 29.8 Å². The molecule has 150 valence electrons. The van der Waals surface area contributed by atoms with E-state index in [9.17, 15) is 5.11 Å². The number of methoxy groups -OCH3 is 1. The smallest absolute Gasteiger partial charge is 0.191 e. The van der Waals surface area contributed by atoms with Crippen LogP contribution in [-0.2, 0) is 0 Å². The number of aliphatic hydroxyl groups is 1. The van der Waals surface area contributed by atoms with E-state index in [0.717, 1.165) is 50.6 Å². The van der Waals surface area contributed by atoms with E-state index in [2.05, 4.69) is 37.5 Å². The molecule has 5 nitrogen and oxygen atoms in total. The fraction of sp³-hybridized carbons (Fsp3) is 0.650. The summed E-state index contributed by atoms with van der Waals surface area (Å²) >= 11 is 0. The molecule has 3 N–H and O–H groups in total. The number of benzene rings is 1. The molecule has 0 aliphatic rings. The second-order valence-corrected chi connectivity index (χ2v) is 6.41. The summed E-state index contributed by atoms with van der Waals surface area (Å²) in [4.78, 5) is 4.71. The highest BCUT2D eigenvalue weighted by molar-refractivity contribution is 14.0. The van der Waals surface area contributed by atoms with Gasteiger partial charge in [0, 0.05) is 32.2 Å². The summed E-state index contributed by atoms with van der Waals surface area (Å²) in [6.45, 7) is 9.00. The molecule has 0 aliphatic carbocycles. The van der Waals surface area contributed by atoms with Crippen LogP contribution in [0.1, 0.15) is 51.5 Å². The van der Waals surface area contributed by atoms with Gasteiger partial charge in [-0.1, -0.05) is 38.5 Å². The van der Waals surface area contributed by atoms with Crippen molar-refractivity contribution in [1.29, 1.82) is 0 Å². The molecule has 0 amide bonds. The Bertz CT molecular complexity index is 506. The molecule has 0 saturated carbocycles. The van der Waals surface area contributed by atoms with Gasteiger partial charge >= 0.3 is 0 Å². The Morgan fingerprint density at radius 3 is 2.54 bits per heavy atom. The minimum atomic E-state index is 0. The van der Waals surface area contributed by atoms with Crippen LogP contribution in [0.3, 0.4) is 0 Å². The molecule has 2 atom stereocenters. The van der Waals surface area contributed by atoms with Gasteiger partial charge in [0.05, 0.1) is 7.11 Å². The third kappa shape index (κ3) is 9.07. The van der Waals surface area contributed by atoms with Gasteiger partial charge in [0.2, 0.25) is 0 Å². The molecule has 0 aliphatic heterocycles. The van der Waals surface area contributed by atoms with E-state index in [1.165, 1.54) is 5.56 Å². The Hall–Kier alpha value is -1.02. The average molecular weight is 477 g/mol. The molecule has 0 spiro atoms. The maximum atomic E-state index is 9.19. The number of aliphatic hydroxyl groups excluding tert-OH is 1. The lowest BCUT2D eigenvalue weighted by Crippen LogP contribution is -2.39. The molecular weight excluding hydrogens is 441 g/mol. The van der Waals surface area contributed by atoms with Crippen LogP contribution in [-0.4, -0.2) is 44.4 Å². The second-order valence-electron chi connectivity index (χ2n) is 6.41. The molecule has 6 heteroatoms. The van der Waals surface area contributed by atoms with Crippen molar-refractivity contribution < 1.29 is 9.84 Å². The third-order valence-electron chi connectivity index (χ3n) is 4.33. The number of nitrogens with one attached hydrogen (secondary N) is 2. The number of hydrogen-bond donors (Lipinski definition) is 3. The topological polar surface area (TPSA) is 65.9 Å². The van der Waals surface area contributed by atoms with Crippen LogP contribution >= 0.6 is 24.0 Å². The minimum Gasteiger partial charge on any atom is -0.496 e. The summed E-state index contributed by atoms with van der Waals surface area (Å²) in [5, 5.41) is 15.9. The van der Waals surface area contributed by atoms with Crippen molar-refractivity contribution in [2.75, 3.05) is 33.4 Å². The van der Waals surface area contributed by atoms with E-state index < -0.39 is 0 Å². The van der Waals surface area contributed by atoms with Gasteiger partial charge in [0.25, 0.3) is 0 Å². The van der Waals surface area contributed by atoms with E-state index in [1.807, 2.05) is 18.2 Å². The molecule has 1 rings (SSSR count). The Kier molecular flexibility index (Phi) is 14.5. The normalized spacial score (nSPS) is 13.5. The molecule has 0 fully saturated rings. The van der Waals surface area contributed by atoms with E-state index in [1.54, 1.807) is 7.11 Å². The lowest BCUT2D eigenvalue weighted by atomic mass is 10.00. The molecular formula is C20H36IN3O2. The van der Waals surface area contributed by atoms with Crippen molar-refractivity contribution in [3.63, 3.8) is 0 Å². The summed E-state index contributed by atoms with van der Waals surface area (Å²) < 4.78 is 5.46. The highest BCUT2D eigenvalue weighted by atomic mass is 127. The van der Waals surface area contributed by atoms with Crippen LogP contribution in [0.5, 0.6) is 5.75 Å². The lowest BCUT2D eigenvalue weighted by molar-refractivity contribution is 0.253. The number of guanidine groups is 1. The molecule has 0 bridgehead atoms. The van der Waals surface area contributed by atoms with Crippen LogP contribution in [0.15, 0.2) is 29.3 Å². The number of ether oxygens (including phenoxy) is 1. The van der Waals surface area contributed by atoms with Crippen molar-refractivity contribution >= 4 is 29.9 Å². The number of hydrogen-bond acceptors (Lipinski definition) is 3. The summed E-state index contributed by atoms with van der Waals surface area (Å²) in [6.07, 6.45) is 3.03. The molecule has 0 saturated heterocycles. The number of aliphatic imine (C=N–C) groups is 1. The molecule has 1 aromatic rings. The summed E-state index contributed by atoms with van der Waals surface area (Å²) in [5.41, 5.74) is 1.19. The highest BCUT2D eigenvalue weighted by Crippen LogP contribution is 2.25. The minimum absolute atomic E-state index is 0. The maximum absolute atomic E-state index is 9.19. The van der Waals surface area contributed by atoms with Crippen LogP contribution < -0.4 is 15.4 Å². The zero-order valence-corrected chi connectivity index (χ0v) is 19.0. The third-order valence-corrected chi connectivity index (χ3v) is 4.33. The number of halogens is 1. The molecule has 2 unspecified atom stereocenters. The van der Waals surface area contributed by atoms with E-state index >= 15 is 0 Å². The number of para-hydroxylation sites is 1. The van der Waals surface area contributed by atoms with Gasteiger partial charge in [0.15, 0.2) is 5.96 Å². The fourth-order valence-electron chi connectivity index (χ4n) is 2.91. The van der Waals surface area contributed by atoms with Crippen LogP contribution in [0, 0.1) is 5.92 Å². The van der Waals surface area contributed by atoms with Crippen LogP contribution in [0.25, 0.3) is 0 Å². The molecule has 0 heterocycles. The van der Waals surface area contributed by atoms with Crippen molar-refractivity contribution in [3.8, 4) is 5.75 Å². The first-order valence-corrected chi connectivity index (χ1v) is 9.42. The van der Waals surface area contributed by atoms with Crippen LogP contribution in [0.2, 0.25) is 0 Å². The molecule has 0 radical (unpaired) electrons. The predicted octanol–water partition coefficient (Wildman–Crippen LogP) is 3.77. The van der Waals surface area contributed by atoms with Gasteiger partial charge in [-0.15, -0.1) is 24.0 Å². The Morgan fingerprint density at radius 2 is 1.92 bits per heavy atom. The summed E-state index contributed by atoms with van der Waals surface area (Å²) in [7, 11) is 1.71. The Morgan fingerprint density at radius 1 is 1.19 bits per heavy atom. The largest absolute Gasteiger partial charge is 0.496 e. The maximum Gasteiger partial charge on any atom is 0.191 e. The Balaban J connectivity index is 0.00000625. The molecule has 26 heavy (non-hydrogen) atoms. The zero-order valence-electron chi connectivity index (χ0n) is 16.6. The first-order chi connectivity index (χ1) is 12.2. The van der Waals surface area contributed by atoms with Gasteiger partial charge in [-0.3, -0.25) is 4.99 Å². The first kappa shape index (κ1) is 25.0. The number of nitrogens with zero attached hydrogens (tertiary/aromatic N) is 1. The van der Waals surface area contributed by atoms with Gasteiger partial charge in [0.1, 0.15) is 5.75 Å². The quantitative estimate of drug-likeness (QED) is 0.258. The first-order valence-electron chi connectivity index (χ1n) is 9.42. The fourth-order valence-corrected chi connectivity index (χ4v) is 2.91. The molecule has 1 aromatic carbocycles.